The third kappa shape index (κ3) is 9.43. The molecule has 0 saturated heterocycles. The van der Waals surface area contributed by atoms with E-state index in [4.69, 9.17) is 4.74 Å². The van der Waals surface area contributed by atoms with Gasteiger partial charge in [-0.1, -0.05) is 0 Å². The normalized spacial score (nSPS) is 10.2. The van der Waals surface area contributed by atoms with Gasteiger partial charge in [0.25, 0.3) is 0 Å². The Morgan fingerprint density at radius 3 is 2.08 bits per heavy atom. The summed E-state index contributed by atoms with van der Waals surface area (Å²) in [5.41, 5.74) is 0. The van der Waals surface area contributed by atoms with Crippen molar-refractivity contribution in [2.24, 2.45) is 0 Å². The van der Waals surface area contributed by atoms with Crippen molar-refractivity contribution >= 4 is 6.09 Å². The second-order valence-corrected chi connectivity index (χ2v) is 4.02. The number of nitrogens with zero attached hydrogens (tertiary/aromatic N) is 2. The van der Waals surface area contributed by atoms with Gasteiger partial charge in [-0.3, -0.25) is 0 Å². The van der Waals surface area contributed by atoms with E-state index < -0.39 is 0 Å². The summed E-state index contributed by atoms with van der Waals surface area (Å²) in [6, 6.07) is 0. The summed E-state index contributed by atoms with van der Waals surface area (Å²) in [4.78, 5) is 12.4. The first-order valence-electron chi connectivity index (χ1n) is 3.97. The molecular weight excluding hydrogens is 192 g/mol. The molecule has 13 heavy (non-hydrogen) atoms. The molecule has 0 atom stereocenters. The number of carbonyl (C=O) groups is 1. The second kappa shape index (κ2) is 6.05. The Bertz CT molecular complexity index is 155. The van der Waals surface area contributed by atoms with E-state index in [9.17, 15) is 4.79 Å². The zero-order chi connectivity index (χ0) is 9.78. The van der Waals surface area contributed by atoms with E-state index in [1.807, 2.05) is 0 Å². The first-order valence-corrected chi connectivity index (χ1v) is 3.97. The van der Waals surface area contributed by atoms with Crippen LogP contribution in [-0.4, -0.2) is 63.9 Å². The Hall–Kier alpha value is -0.480. The Morgan fingerprint density at radius 1 is 1.31 bits per heavy atom. The number of halogens is 1. The van der Waals surface area contributed by atoms with Crippen molar-refractivity contribution in [1.82, 2.24) is 4.90 Å². The molecule has 0 bridgehead atoms. The summed E-state index contributed by atoms with van der Waals surface area (Å²) < 4.78 is 5.76. The van der Waals surface area contributed by atoms with Gasteiger partial charge in [0.05, 0.1) is 21.1 Å². The number of quaternary nitrogens is 1. The summed E-state index contributed by atoms with van der Waals surface area (Å²) in [7, 11) is 9.53. The molecule has 0 aliphatic heterocycles. The minimum Gasteiger partial charge on any atom is -1.00 e. The van der Waals surface area contributed by atoms with Gasteiger partial charge in [0.15, 0.2) is 0 Å². The Balaban J connectivity index is 0. The van der Waals surface area contributed by atoms with Crippen LogP contribution in [0.2, 0.25) is 0 Å². The van der Waals surface area contributed by atoms with Crippen molar-refractivity contribution in [3.63, 3.8) is 0 Å². The van der Waals surface area contributed by atoms with Crippen molar-refractivity contribution in [3.05, 3.63) is 0 Å². The van der Waals surface area contributed by atoms with Crippen molar-refractivity contribution < 1.29 is 26.4 Å². The van der Waals surface area contributed by atoms with Crippen LogP contribution in [0.1, 0.15) is 0 Å². The van der Waals surface area contributed by atoms with E-state index in [0.29, 0.717) is 6.61 Å². The average Bonchev–Trinajstić information content (AvgIpc) is 1.84. The molecule has 0 N–H and O–H groups in total. The van der Waals surface area contributed by atoms with Gasteiger partial charge in [-0.25, -0.2) is 4.79 Å². The molecule has 0 spiro atoms. The molecule has 0 fully saturated rings. The molecule has 0 rings (SSSR count). The fourth-order valence-electron chi connectivity index (χ4n) is 0.536. The standard InChI is InChI=1S/C8H19N2O2.ClH/c1-9(2)8(11)12-7-6-10(3,4)5;/h6-7H2,1-5H3;1H/q+1;/p-1. The van der Waals surface area contributed by atoms with Crippen LogP contribution in [0.5, 0.6) is 0 Å². The van der Waals surface area contributed by atoms with Crippen molar-refractivity contribution in [3.8, 4) is 0 Å². The van der Waals surface area contributed by atoms with E-state index in [1.54, 1.807) is 14.1 Å². The van der Waals surface area contributed by atoms with Gasteiger partial charge in [0, 0.05) is 14.1 Å². The zero-order valence-electron chi connectivity index (χ0n) is 9.00. The van der Waals surface area contributed by atoms with Gasteiger partial charge in [-0.2, -0.15) is 0 Å². The molecule has 0 aromatic rings. The number of carbonyl (C=O) groups excluding carboxylic acids is 1. The minimum atomic E-state index is -0.275. The molecule has 5 heteroatoms. The van der Waals surface area contributed by atoms with Crippen LogP contribution >= 0.6 is 0 Å². The van der Waals surface area contributed by atoms with Gasteiger partial charge in [-0.05, 0) is 0 Å². The van der Waals surface area contributed by atoms with Crippen molar-refractivity contribution in [2.75, 3.05) is 48.4 Å². The van der Waals surface area contributed by atoms with Crippen LogP contribution < -0.4 is 12.4 Å². The van der Waals surface area contributed by atoms with Gasteiger partial charge >= 0.3 is 6.09 Å². The topological polar surface area (TPSA) is 29.5 Å². The van der Waals surface area contributed by atoms with Crippen LogP contribution in [0.25, 0.3) is 0 Å². The van der Waals surface area contributed by atoms with E-state index in [-0.39, 0.29) is 18.5 Å². The lowest BCUT2D eigenvalue weighted by molar-refractivity contribution is -0.870. The van der Waals surface area contributed by atoms with Crippen LogP contribution in [0.15, 0.2) is 0 Å². The molecule has 0 aromatic heterocycles. The Kier molecular flexibility index (Phi) is 6.98. The number of hydrogen-bond acceptors (Lipinski definition) is 2. The molecule has 0 aliphatic rings. The largest absolute Gasteiger partial charge is 1.00 e. The lowest BCUT2D eigenvalue weighted by atomic mass is 10.5. The van der Waals surface area contributed by atoms with Crippen molar-refractivity contribution in [2.45, 2.75) is 0 Å². The van der Waals surface area contributed by atoms with Gasteiger partial charge in [-0.15, -0.1) is 0 Å². The van der Waals surface area contributed by atoms with Gasteiger partial charge in [0.1, 0.15) is 13.2 Å². The summed E-state index contributed by atoms with van der Waals surface area (Å²) in [5.74, 6) is 0. The molecule has 0 unspecified atom stereocenters. The smallest absolute Gasteiger partial charge is 0.409 e. The molecule has 0 aliphatic carbocycles. The maximum absolute atomic E-state index is 10.9. The first-order chi connectivity index (χ1) is 5.33. The highest BCUT2D eigenvalue weighted by molar-refractivity contribution is 5.66. The molecule has 0 radical (unpaired) electrons. The van der Waals surface area contributed by atoms with Gasteiger partial charge in [0.2, 0.25) is 0 Å². The predicted octanol–water partition coefficient (Wildman–Crippen LogP) is -2.61. The molecule has 0 aromatic carbocycles. The number of rotatable bonds is 3. The van der Waals surface area contributed by atoms with Gasteiger partial charge < -0.3 is 26.5 Å². The van der Waals surface area contributed by atoms with E-state index in [0.717, 1.165) is 11.0 Å². The fraction of sp³-hybridized carbons (Fsp3) is 0.875. The number of ether oxygens (including phenoxy) is 1. The summed E-state index contributed by atoms with van der Waals surface area (Å²) in [6.07, 6.45) is -0.275. The Labute approximate surface area is 86.5 Å². The predicted molar refractivity (Wildman–Crippen MR) is 47.9 cm³/mol. The lowest BCUT2D eigenvalue weighted by Gasteiger charge is -2.23. The second-order valence-electron chi connectivity index (χ2n) is 4.02. The zero-order valence-corrected chi connectivity index (χ0v) is 9.76. The molecule has 4 nitrogen and oxygen atoms in total. The Morgan fingerprint density at radius 2 is 1.77 bits per heavy atom. The minimum absolute atomic E-state index is 0. The van der Waals surface area contributed by atoms with Crippen LogP contribution in [0.3, 0.4) is 0 Å². The maximum atomic E-state index is 10.9. The summed E-state index contributed by atoms with van der Waals surface area (Å²) in [6.45, 7) is 1.31. The van der Waals surface area contributed by atoms with E-state index >= 15 is 0 Å². The first kappa shape index (κ1) is 15.0. The monoisotopic (exact) mass is 210 g/mol. The summed E-state index contributed by atoms with van der Waals surface area (Å²) >= 11 is 0. The highest BCUT2D eigenvalue weighted by Gasteiger charge is 2.09. The fourth-order valence-corrected chi connectivity index (χ4v) is 0.536. The highest BCUT2D eigenvalue weighted by Crippen LogP contribution is 1.91. The lowest BCUT2D eigenvalue weighted by Crippen LogP contribution is -3.00. The van der Waals surface area contributed by atoms with Crippen LogP contribution in [-0.2, 0) is 4.74 Å². The maximum Gasteiger partial charge on any atom is 0.409 e. The molecule has 0 heterocycles. The van der Waals surface area contributed by atoms with Crippen molar-refractivity contribution in [1.29, 1.82) is 0 Å². The molecule has 80 valence electrons. The third-order valence-electron chi connectivity index (χ3n) is 1.35. The van der Waals surface area contributed by atoms with Crippen LogP contribution in [0.4, 0.5) is 4.79 Å². The SMILES string of the molecule is CN(C)C(=O)OCC[N+](C)(C)C.[Cl-]. The quantitative estimate of drug-likeness (QED) is 0.478. The third-order valence-corrected chi connectivity index (χ3v) is 1.35. The summed E-state index contributed by atoms with van der Waals surface area (Å²) in [5, 5.41) is 0. The molecule has 1 amide bonds. The van der Waals surface area contributed by atoms with E-state index in [2.05, 4.69) is 21.1 Å². The number of likely N-dealkylation sites (N-methyl/N-ethyl adjacent to an activating group) is 1. The number of amides is 1. The molecular formula is C8H19ClN2O2. The highest BCUT2D eigenvalue weighted by atomic mass is 35.5. The van der Waals surface area contributed by atoms with Crippen LogP contribution in [0, 0.1) is 0 Å². The van der Waals surface area contributed by atoms with E-state index in [1.165, 1.54) is 4.90 Å². The average molecular weight is 211 g/mol. The molecule has 0 saturated carbocycles. The number of hydrogen-bond donors (Lipinski definition) is 0.